The summed E-state index contributed by atoms with van der Waals surface area (Å²) in [6.45, 7) is 8.03. The summed E-state index contributed by atoms with van der Waals surface area (Å²) in [4.78, 5) is 19.1. The maximum atomic E-state index is 12.4. The molecule has 2 heterocycles. The zero-order valence-electron chi connectivity index (χ0n) is 17.3. The Morgan fingerprint density at radius 3 is 3.04 bits per heavy atom. The molecule has 2 aliphatic rings. The number of benzene rings is 1. The van der Waals surface area contributed by atoms with Crippen LogP contribution in [0.1, 0.15) is 50.7 Å². The molecule has 0 radical (unpaired) electrons. The number of piperidine rings is 1. The fourth-order valence-corrected chi connectivity index (χ4v) is 3.94. The quantitative estimate of drug-likeness (QED) is 0.558. The number of likely N-dealkylation sites (tertiary alicyclic amines) is 1. The van der Waals surface area contributed by atoms with Crippen molar-refractivity contribution in [2.75, 3.05) is 32.8 Å². The minimum Gasteiger partial charge on any atom is -0.493 e. The van der Waals surface area contributed by atoms with Crippen molar-refractivity contribution < 1.29 is 9.53 Å². The highest BCUT2D eigenvalue weighted by Gasteiger charge is 2.22. The van der Waals surface area contributed by atoms with E-state index < -0.39 is 0 Å². The van der Waals surface area contributed by atoms with Gasteiger partial charge in [0.2, 0.25) is 5.91 Å². The van der Waals surface area contributed by atoms with Gasteiger partial charge in [-0.3, -0.25) is 9.79 Å². The number of nitrogens with one attached hydrogen (secondary N) is 2. The van der Waals surface area contributed by atoms with Gasteiger partial charge in [0.1, 0.15) is 5.75 Å². The number of guanidine groups is 1. The highest BCUT2D eigenvalue weighted by atomic mass is 16.5. The minimum absolute atomic E-state index is 0.229. The molecule has 1 atom stereocenters. The Bertz CT molecular complexity index is 689. The molecule has 154 valence electrons. The third-order valence-corrected chi connectivity index (χ3v) is 5.52. The standard InChI is InChI=1S/C22H34N4O2/c1-3-23-22(25-13-10-21(27)26-14-5-4-6-17(26)2)24-12-9-18-7-8-20-19(16-18)11-15-28-20/h7-8,16-17H,3-6,9-15H2,1-2H3,(H2,23,24,25). The lowest BCUT2D eigenvalue weighted by Crippen LogP contribution is -2.42. The lowest BCUT2D eigenvalue weighted by atomic mass is 10.0. The molecule has 2 N–H and O–H groups in total. The molecule has 0 spiro atoms. The first kappa shape index (κ1) is 20.5. The fourth-order valence-electron chi connectivity index (χ4n) is 3.94. The van der Waals surface area contributed by atoms with Crippen molar-refractivity contribution in [1.82, 2.24) is 15.5 Å². The summed E-state index contributed by atoms with van der Waals surface area (Å²) >= 11 is 0. The van der Waals surface area contributed by atoms with Gasteiger partial charge in [0, 0.05) is 38.5 Å². The summed E-state index contributed by atoms with van der Waals surface area (Å²) in [5, 5.41) is 6.65. The number of nitrogens with zero attached hydrogens (tertiary/aromatic N) is 2. The van der Waals surface area contributed by atoms with Crippen molar-refractivity contribution in [3.8, 4) is 5.75 Å². The highest BCUT2D eigenvalue weighted by Crippen LogP contribution is 2.25. The fraction of sp³-hybridized carbons (Fsp3) is 0.636. The Hall–Kier alpha value is -2.24. The molecule has 1 unspecified atom stereocenters. The lowest BCUT2D eigenvalue weighted by molar-refractivity contribution is -0.134. The van der Waals surface area contributed by atoms with E-state index >= 15 is 0 Å². The average Bonchev–Trinajstić information content (AvgIpc) is 3.16. The van der Waals surface area contributed by atoms with Crippen LogP contribution in [0.25, 0.3) is 0 Å². The van der Waals surface area contributed by atoms with Crippen LogP contribution in [-0.2, 0) is 17.6 Å². The second-order valence-corrected chi connectivity index (χ2v) is 7.66. The van der Waals surface area contributed by atoms with E-state index in [1.54, 1.807) is 0 Å². The van der Waals surface area contributed by atoms with Crippen LogP contribution >= 0.6 is 0 Å². The van der Waals surface area contributed by atoms with E-state index in [0.717, 1.165) is 63.6 Å². The average molecular weight is 387 g/mol. The lowest BCUT2D eigenvalue weighted by Gasteiger charge is -2.33. The Balaban J connectivity index is 1.44. The first-order valence-corrected chi connectivity index (χ1v) is 10.7. The second-order valence-electron chi connectivity index (χ2n) is 7.66. The molecule has 1 fully saturated rings. The third-order valence-electron chi connectivity index (χ3n) is 5.52. The van der Waals surface area contributed by atoms with Crippen LogP contribution in [0.3, 0.4) is 0 Å². The van der Waals surface area contributed by atoms with Gasteiger partial charge in [0.15, 0.2) is 5.96 Å². The zero-order chi connectivity index (χ0) is 19.8. The second kappa shape index (κ2) is 10.3. The van der Waals surface area contributed by atoms with Gasteiger partial charge in [-0.2, -0.15) is 0 Å². The molecule has 28 heavy (non-hydrogen) atoms. The molecular formula is C22H34N4O2. The Kier molecular flexibility index (Phi) is 7.57. The molecule has 0 aliphatic carbocycles. The van der Waals surface area contributed by atoms with Crippen LogP contribution in [0.2, 0.25) is 0 Å². The number of ether oxygens (including phenoxy) is 1. The van der Waals surface area contributed by atoms with Crippen LogP contribution in [0, 0.1) is 0 Å². The monoisotopic (exact) mass is 386 g/mol. The Morgan fingerprint density at radius 2 is 2.21 bits per heavy atom. The molecule has 3 rings (SSSR count). The number of fused-ring (bicyclic) bond motifs is 1. The molecule has 1 aromatic rings. The van der Waals surface area contributed by atoms with Gasteiger partial charge < -0.3 is 20.3 Å². The summed E-state index contributed by atoms with van der Waals surface area (Å²) in [6, 6.07) is 6.82. The van der Waals surface area contributed by atoms with Crippen molar-refractivity contribution >= 4 is 11.9 Å². The number of aliphatic imine (C=N–C) groups is 1. The topological polar surface area (TPSA) is 66.0 Å². The molecule has 0 saturated carbocycles. The normalized spacial score (nSPS) is 19.1. The van der Waals surface area contributed by atoms with Gasteiger partial charge in [-0.25, -0.2) is 0 Å². The molecule has 2 aliphatic heterocycles. The molecule has 1 amide bonds. The van der Waals surface area contributed by atoms with Crippen molar-refractivity contribution in [3.63, 3.8) is 0 Å². The van der Waals surface area contributed by atoms with E-state index in [1.807, 2.05) is 4.90 Å². The number of rotatable bonds is 7. The molecule has 6 nitrogen and oxygen atoms in total. The summed E-state index contributed by atoms with van der Waals surface area (Å²) in [6.07, 6.45) is 5.89. The summed E-state index contributed by atoms with van der Waals surface area (Å²) in [5.41, 5.74) is 2.62. The molecular weight excluding hydrogens is 352 g/mol. The summed E-state index contributed by atoms with van der Waals surface area (Å²) < 4.78 is 5.57. The number of hydrogen-bond acceptors (Lipinski definition) is 3. The van der Waals surface area contributed by atoms with Crippen LogP contribution in [0.4, 0.5) is 0 Å². The summed E-state index contributed by atoms with van der Waals surface area (Å²) in [5.74, 6) is 2.04. The number of carbonyl (C=O) groups excluding carboxylic acids is 1. The van der Waals surface area contributed by atoms with Crippen LogP contribution in [0.5, 0.6) is 5.75 Å². The van der Waals surface area contributed by atoms with E-state index in [-0.39, 0.29) is 5.91 Å². The van der Waals surface area contributed by atoms with E-state index in [0.29, 0.717) is 19.0 Å². The molecule has 6 heteroatoms. The molecule has 1 aromatic carbocycles. The van der Waals surface area contributed by atoms with Gasteiger partial charge in [-0.05, 0) is 56.7 Å². The van der Waals surface area contributed by atoms with Crippen molar-refractivity contribution in [2.24, 2.45) is 4.99 Å². The number of amides is 1. The van der Waals surface area contributed by atoms with Crippen LogP contribution in [-0.4, -0.2) is 55.6 Å². The first-order chi connectivity index (χ1) is 13.7. The third kappa shape index (κ3) is 5.63. The molecule has 0 aromatic heterocycles. The maximum Gasteiger partial charge on any atom is 0.224 e. The smallest absolute Gasteiger partial charge is 0.224 e. The largest absolute Gasteiger partial charge is 0.493 e. The molecule has 1 saturated heterocycles. The van der Waals surface area contributed by atoms with Gasteiger partial charge in [0.25, 0.3) is 0 Å². The van der Waals surface area contributed by atoms with Gasteiger partial charge >= 0.3 is 0 Å². The van der Waals surface area contributed by atoms with E-state index in [1.165, 1.54) is 17.5 Å². The van der Waals surface area contributed by atoms with Gasteiger partial charge in [-0.15, -0.1) is 0 Å². The van der Waals surface area contributed by atoms with Gasteiger partial charge in [0.05, 0.1) is 13.2 Å². The predicted octanol–water partition coefficient (Wildman–Crippen LogP) is 2.51. The number of carbonyl (C=O) groups is 1. The van der Waals surface area contributed by atoms with Crippen molar-refractivity contribution in [2.45, 2.75) is 58.4 Å². The zero-order valence-corrected chi connectivity index (χ0v) is 17.3. The van der Waals surface area contributed by atoms with Crippen LogP contribution < -0.4 is 15.4 Å². The SMILES string of the molecule is CCNC(=NCCC(=O)N1CCCCC1C)NCCc1ccc2c(c1)CCO2. The minimum atomic E-state index is 0.229. The van der Waals surface area contributed by atoms with E-state index in [4.69, 9.17) is 4.74 Å². The Morgan fingerprint density at radius 1 is 1.32 bits per heavy atom. The number of hydrogen-bond donors (Lipinski definition) is 2. The molecule has 0 bridgehead atoms. The van der Waals surface area contributed by atoms with E-state index in [2.05, 4.69) is 47.7 Å². The first-order valence-electron chi connectivity index (χ1n) is 10.7. The van der Waals surface area contributed by atoms with Gasteiger partial charge in [-0.1, -0.05) is 12.1 Å². The maximum absolute atomic E-state index is 12.4. The van der Waals surface area contributed by atoms with Crippen molar-refractivity contribution in [3.05, 3.63) is 29.3 Å². The summed E-state index contributed by atoms with van der Waals surface area (Å²) in [7, 11) is 0. The highest BCUT2D eigenvalue weighted by molar-refractivity contribution is 5.81. The van der Waals surface area contributed by atoms with Crippen LogP contribution in [0.15, 0.2) is 23.2 Å². The predicted molar refractivity (Wildman–Crippen MR) is 113 cm³/mol. The Labute approximate surface area is 168 Å². The van der Waals surface area contributed by atoms with E-state index in [9.17, 15) is 4.79 Å². The van der Waals surface area contributed by atoms with Crippen molar-refractivity contribution in [1.29, 1.82) is 0 Å².